The van der Waals surface area contributed by atoms with Gasteiger partial charge in [-0.3, -0.25) is 19.8 Å². The molecule has 0 aliphatic carbocycles. The van der Waals surface area contributed by atoms with Crippen LogP contribution in [-0.4, -0.2) is 27.1 Å². The number of benzene rings is 1. The van der Waals surface area contributed by atoms with E-state index in [-0.39, 0.29) is 12.1 Å². The molecule has 1 aromatic rings. The number of carboxylic acid groups (broad SMARTS) is 1. The fourth-order valence-corrected chi connectivity index (χ4v) is 5.46. The van der Waals surface area contributed by atoms with Gasteiger partial charge in [-0.15, -0.1) is 0 Å². The summed E-state index contributed by atoms with van der Waals surface area (Å²) < 4.78 is -1.95. The summed E-state index contributed by atoms with van der Waals surface area (Å²) in [4.78, 5) is 37.2. The first-order valence-corrected chi connectivity index (χ1v) is 16.0. The van der Waals surface area contributed by atoms with E-state index >= 15 is 0 Å². The first-order valence-electron chi connectivity index (χ1n) is 15.3. The van der Waals surface area contributed by atoms with Crippen LogP contribution in [0.1, 0.15) is 122 Å². The molecule has 1 aliphatic rings. The molecule has 2 N–H and O–H groups in total. The van der Waals surface area contributed by atoms with Crippen molar-refractivity contribution in [2.75, 3.05) is 5.01 Å². The van der Waals surface area contributed by atoms with Crippen LogP contribution in [-0.2, 0) is 14.4 Å². The van der Waals surface area contributed by atoms with E-state index in [1.165, 1.54) is 88.5 Å². The molecule has 0 aromatic heterocycles. The average molecular weight is 596 g/mol. The van der Waals surface area contributed by atoms with Gasteiger partial charge < -0.3 is 5.11 Å². The summed E-state index contributed by atoms with van der Waals surface area (Å²) in [5.74, 6) is -2.82. The lowest BCUT2D eigenvalue weighted by Crippen LogP contribution is -2.35. The number of nitrogens with zero attached hydrogens (tertiary/aromatic N) is 1. The number of alkyl halides is 2. The molecule has 1 unspecified atom stereocenters. The van der Waals surface area contributed by atoms with Crippen LogP contribution in [0, 0.1) is 5.92 Å². The van der Waals surface area contributed by atoms with E-state index in [0.29, 0.717) is 12.1 Å². The van der Waals surface area contributed by atoms with Gasteiger partial charge in [0.1, 0.15) is 0 Å². The maximum atomic E-state index is 12.7. The number of nitrogens with one attached hydrogen (secondary N) is 1. The third kappa shape index (κ3) is 12.2. The molecule has 6 nitrogen and oxygen atoms in total. The number of halogens is 2. The zero-order chi connectivity index (χ0) is 29.2. The molecule has 0 bridgehead atoms. The van der Waals surface area contributed by atoms with Gasteiger partial charge in [0.2, 0.25) is 4.33 Å². The number of hydrazine groups is 1. The van der Waals surface area contributed by atoms with Gasteiger partial charge in [-0.2, -0.15) is 0 Å². The topological polar surface area (TPSA) is 86.7 Å². The molecule has 1 fully saturated rings. The molecule has 1 aromatic carbocycles. The molecule has 1 heterocycles. The molecule has 224 valence electrons. The number of carboxylic acids is 1. The highest BCUT2D eigenvalue weighted by Crippen LogP contribution is 2.37. The van der Waals surface area contributed by atoms with Crippen molar-refractivity contribution in [2.45, 2.75) is 127 Å². The lowest BCUT2D eigenvalue weighted by Gasteiger charge is -2.15. The van der Waals surface area contributed by atoms with Crippen LogP contribution in [0.25, 0.3) is 0 Å². The Morgan fingerprint density at radius 2 is 1.32 bits per heavy atom. The second-order valence-electron chi connectivity index (χ2n) is 11.0. The van der Waals surface area contributed by atoms with Crippen molar-refractivity contribution in [1.82, 2.24) is 5.43 Å². The predicted octanol–water partition coefficient (Wildman–Crippen LogP) is 8.91. The minimum Gasteiger partial charge on any atom is -0.481 e. The summed E-state index contributed by atoms with van der Waals surface area (Å²) in [6.45, 7) is 2.26. The minimum atomic E-state index is -1.95. The normalized spacial score (nSPS) is 16.3. The Morgan fingerprint density at radius 1 is 0.850 bits per heavy atom. The fourth-order valence-electron chi connectivity index (χ4n) is 5.09. The molecule has 0 radical (unpaired) electrons. The summed E-state index contributed by atoms with van der Waals surface area (Å²) >= 11 is 12.5. The number of amides is 1. The largest absolute Gasteiger partial charge is 0.481 e. The van der Waals surface area contributed by atoms with Crippen molar-refractivity contribution < 1.29 is 19.5 Å². The fraction of sp³-hybridized carbons (Fsp3) is 0.656. The number of ketones is 1. The number of anilines is 1. The number of hydrogen-bond acceptors (Lipinski definition) is 4. The number of carbonyl (C=O) groups is 3. The zero-order valence-corrected chi connectivity index (χ0v) is 25.7. The smallest absolute Gasteiger partial charge is 0.306 e. The Morgan fingerprint density at radius 3 is 1.80 bits per heavy atom. The van der Waals surface area contributed by atoms with Crippen LogP contribution in [0.15, 0.2) is 42.1 Å². The number of allylic oxidation sites excluding steroid dienone is 1. The summed E-state index contributed by atoms with van der Waals surface area (Å²) in [5, 5.41) is 10.8. The van der Waals surface area contributed by atoms with E-state index in [1.807, 2.05) is 6.07 Å². The standard InChI is InChI=1S/C32H48Cl2N2O4/c1-2-3-4-5-6-7-8-9-10-11-12-13-14-15-16-18-21-26(30(38)39)24-28(37)25-29-32(33,34)31(40)36(35-29)27-22-19-17-20-23-27/h17,19-20,22-23,25-26,35H,2-16,18,21,24H2,1H3,(H,38,39). The van der Waals surface area contributed by atoms with E-state index in [4.69, 9.17) is 23.2 Å². The van der Waals surface area contributed by atoms with Crippen LogP contribution in [0.5, 0.6) is 0 Å². The van der Waals surface area contributed by atoms with Gasteiger partial charge in [0.05, 0.1) is 17.3 Å². The second-order valence-corrected chi connectivity index (χ2v) is 12.3. The molecule has 2 rings (SSSR count). The van der Waals surface area contributed by atoms with E-state index in [1.54, 1.807) is 24.3 Å². The Bertz CT molecular complexity index is 936. The van der Waals surface area contributed by atoms with Gasteiger partial charge >= 0.3 is 5.97 Å². The van der Waals surface area contributed by atoms with Crippen LogP contribution >= 0.6 is 23.2 Å². The van der Waals surface area contributed by atoms with E-state index in [0.717, 1.165) is 25.3 Å². The first kappa shape index (κ1) is 34.2. The molecule has 0 spiro atoms. The average Bonchev–Trinajstić information content (AvgIpc) is 3.15. The number of carbonyl (C=O) groups excluding carboxylic acids is 2. The summed E-state index contributed by atoms with van der Waals surface area (Å²) in [6, 6.07) is 8.75. The third-order valence-corrected chi connectivity index (χ3v) is 8.30. The maximum absolute atomic E-state index is 12.7. The van der Waals surface area contributed by atoms with Crippen LogP contribution < -0.4 is 10.4 Å². The van der Waals surface area contributed by atoms with Crippen molar-refractivity contribution in [2.24, 2.45) is 5.92 Å². The Kier molecular flexibility index (Phi) is 16.3. The number of unbranched alkanes of at least 4 members (excludes halogenated alkanes) is 15. The van der Waals surface area contributed by atoms with Crippen molar-refractivity contribution in [3.8, 4) is 0 Å². The molecule has 1 aliphatic heterocycles. The number of rotatable bonds is 22. The molecule has 1 amide bonds. The monoisotopic (exact) mass is 594 g/mol. The first-order chi connectivity index (χ1) is 19.3. The lowest BCUT2D eigenvalue weighted by molar-refractivity contribution is -0.143. The molecule has 40 heavy (non-hydrogen) atoms. The van der Waals surface area contributed by atoms with Gasteiger partial charge in [-0.1, -0.05) is 151 Å². The summed E-state index contributed by atoms with van der Waals surface area (Å²) in [6.07, 6.45) is 21.6. The highest BCUT2D eigenvalue weighted by Gasteiger charge is 2.49. The van der Waals surface area contributed by atoms with Crippen LogP contribution in [0.3, 0.4) is 0 Å². The molecule has 0 saturated carbocycles. The Labute approximate surface area is 250 Å². The predicted molar refractivity (Wildman–Crippen MR) is 164 cm³/mol. The highest BCUT2D eigenvalue weighted by molar-refractivity contribution is 6.62. The SMILES string of the molecule is CCCCCCCCCCCCCCCCCCC(CC(=O)C=C1NN(c2ccccc2)C(=O)C1(Cl)Cl)C(=O)O. The summed E-state index contributed by atoms with van der Waals surface area (Å²) in [7, 11) is 0. The Hall–Kier alpha value is -2.05. The second kappa shape index (κ2) is 19.1. The van der Waals surface area contributed by atoms with Crippen molar-refractivity contribution >= 4 is 46.5 Å². The van der Waals surface area contributed by atoms with Gasteiger partial charge in [0.15, 0.2) is 5.78 Å². The summed E-state index contributed by atoms with van der Waals surface area (Å²) in [5.41, 5.74) is 3.35. The van der Waals surface area contributed by atoms with Gasteiger partial charge in [0, 0.05) is 12.5 Å². The molecule has 8 heteroatoms. The van der Waals surface area contributed by atoms with Gasteiger partial charge in [-0.05, 0) is 18.6 Å². The molecule has 1 saturated heterocycles. The third-order valence-electron chi connectivity index (χ3n) is 7.56. The maximum Gasteiger partial charge on any atom is 0.306 e. The van der Waals surface area contributed by atoms with Gasteiger partial charge in [0.25, 0.3) is 5.91 Å². The highest BCUT2D eigenvalue weighted by atomic mass is 35.5. The molecule has 1 atom stereocenters. The van der Waals surface area contributed by atoms with Crippen molar-refractivity contribution in [1.29, 1.82) is 0 Å². The van der Waals surface area contributed by atoms with Crippen LogP contribution in [0.2, 0.25) is 0 Å². The lowest BCUT2D eigenvalue weighted by atomic mass is 9.94. The number of hydrogen-bond donors (Lipinski definition) is 2. The van der Waals surface area contributed by atoms with E-state index in [9.17, 15) is 19.5 Å². The van der Waals surface area contributed by atoms with Gasteiger partial charge in [-0.25, -0.2) is 5.01 Å². The number of para-hydroxylation sites is 1. The van der Waals surface area contributed by atoms with Crippen LogP contribution in [0.4, 0.5) is 5.69 Å². The van der Waals surface area contributed by atoms with Crippen molar-refractivity contribution in [3.63, 3.8) is 0 Å². The van der Waals surface area contributed by atoms with E-state index < -0.39 is 27.9 Å². The zero-order valence-electron chi connectivity index (χ0n) is 24.1. The quantitative estimate of drug-likeness (QED) is 0.0794. The number of aliphatic carboxylic acids is 1. The van der Waals surface area contributed by atoms with E-state index in [2.05, 4.69) is 12.3 Å². The molecular weight excluding hydrogens is 547 g/mol. The van der Waals surface area contributed by atoms with Crippen molar-refractivity contribution in [3.05, 3.63) is 42.1 Å². The minimum absolute atomic E-state index is 0.0289. The molecular formula is C32H48Cl2N2O4. The Balaban J connectivity index is 1.61.